The number of carbonyl (C=O) groups is 2. The molecular formula is C23H26N2O4. The second kappa shape index (κ2) is 8.55. The monoisotopic (exact) mass is 394 g/mol. The third-order valence-electron chi connectivity index (χ3n) is 5.44. The Morgan fingerprint density at radius 2 is 1.76 bits per heavy atom. The van der Waals surface area contributed by atoms with E-state index in [-0.39, 0.29) is 22.9 Å². The highest BCUT2D eigenvalue weighted by molar-refractivity contribution is 5.87. The average Bonchev–Trinajstić information content (AvgIpc) is 2.69. The summed E-state index contributed by atoms with van der Waals surface area (Å²) in [6.45, 7) is 6.64. The number of ether oxygens (including phenoxy) is 1. The second-order valence-electron chi connectivity index (χ2n) is 7.95. The van der Waals surface area contributed by atoms with Crippen molar-refractivity contribution in [1.29, 1.82) is 0 Å². The Hall–Kier alpha value is -3.02. The lowest BCUT2D eigenvalue weighted by Gasteiger charge is -2.37. The lowest BCUT2D eigenvalue weighted by atomic mass is 9.68. The van der Waals surface area contributed by atoms with Gasteiger partial charge in [-0.05, 0) is 78.6 Å². The van der Waals surface area contributed by atoms with Crippen molar-refractivity contribution in [2.24, 2.45) is 10.2 Å². The van der Waals surface area contributed by atoms with Crippen LogP contribution in [-0.2, 0) is 14.9 Å². The van der Waals surface area contributed by atoms with Gasteiger partial charge in [-0.2, -0.15) is 10.2 Å². The van der Waals surface area contributed by atoms with Crippen LogP contribution in [-0.4, -0.2) is 23.7 Å². The molecule has 0 aliphatic heterocycles. The number of hydrogen-bond donors (Lipinski definition) is 1. The summed E-state index contributed by atoms with van der Waals surface area (Å²) in [5.41, 5.74) is 3.91. The largest absolute Gasteiger partial charge is 0.478 e. The summed E-state index contributed by atoms with van der Waals surface area (Å²) in [5, 5.41) is 17.5. The van der Waals surface area contributed by atoms with Gasteiger partial charge < -0.3 is 9.84 Å². The molecule has 2 aromatic carbocycles. The van der Waals surface area contributed by atoms with E-state index in [0.717, 1.165) is 18.4 Å². The molecule has 1 aliphatic rings. The fourth-order valence-electron chi connectivity index (χ4n) is 3.81. The van der Waals surface area contributed by atoms with Gasteiger partial charge in [0.25, 0.3) is 0 Å². The van der Waals surface area contributed by atoms with E-state index >= 15 is 0 Å². The summed E-state index contributed by atoms with van der Waals surface area (Å²) in [6, 6.07) is 12.3. The number of esters is 1. The Morgan fingerprint density at radius 3 is 2.41 bits per heavy atom. The highest BCUT2D eigenvalue weighted by Gasteiger charge is 2.33. The quantitative estimate of drug-likeness (QED) is 0.487. The Balaban J connectivity index is 1.86. The topological polar surface area (TPSA) is 88.3 Å². The molecule has 0 amide bonds. The van der Waals surface area contributed by atoms with E-state index in [1.54, 1.807) is 12.1 Å². The molecule has 1 N–H and O–H groups in total. The van der Waals surface area contributed by atoms with Crippen molar-refractivity contribution in [2.75, 3.05) is 6.61 Å². The van der Waals surface area contributed by atoms with Gasteiger partial charge >= 0.3 is 11.9 Å². The minimum absolute atomic E-state index is 0.0445. The maximum atomic E-state index is 12.0. The Bertz CT molecular complexity index is 932. The van der Waals surface area contributed by atoms with Crippen LogP contribution in [0.4, 0.5) is 11.4 Å². The third-order valence-corrected chi connectivity index (χ3v) is 5.44. The molecule has 1 unspecified atom stereocenters. The van der Waals surface area contributed by atoms with E-state index in [4.69, 9.17) is 9.84 Å². The van der Waals surface area contributed by atoms with Crippen molar-refractivity contribution in [2.45, 2.75) is 51.4 Å². The normalized spacial score (nSPS) is 17.7. The molecule has 0 aromatic heterocycles. The number of rotatable bonds is 6. The minimum Gasteiger partial charge on any atom is -0.478 e. The van der Waals surface area contributed by atoms with E-state index in [2.05, 4.69) is 30.1 Å². The van der Waals surface area contributed by atoms with Gasteiger partial charge in [0, 0.05) is 0 Å². The first kappa shape index (κ1) is 20.7. The van der Waals surface area contributed by atoms with Gasteiger partial charge in [0.1, 0.15) is 0 Å². The lowest BCUT2D eigenvalue weighted by Crippen LogP contribution is -2.27. The average molecular weight is 394 g/mol. The number of carboxylic acids is 1. The molecule has 0 saturated carbocycles. The van der Waals surface area contributed by atoms with Crippen LogP contribution in [0.1, 0.15) is 67.4 Å². The molecule has 1 atom stereocenters. The number of hydrogen-bond acceptors (Lipinski definition) is 5. The number of carboxylic acid groups (broad SMARTS) is 1. The smallest absolute Gasteiger partial charge is 0.335 e. The standard InChI is InChI=1S/C23H26N2O4/c1-4-29-21(26)13-16-11-12-23(2,3)20-10-9-18(14-19(16)20)25-24-17-7-5-15(6-8-17)22(27)28/h5-10,14,16H,4,11-13H2,1-3H3,(H,27,28). The zero-order valence-corrected chi connectivity index (χ0v) is 17.0. The number of nitrogens with zero attached hydrogens (tertiary/aromatic N) is 2. The van der Waals surface area contributed by atoms with Crippen LogP contribution in [0.2, 0.25) is 0 Å². The van der Waals surface area contributed by atoms with Gasteiger partial charge in [0.15, 0.2) is 0 Å². The molecule has 0 heterocycles. The van der Waals surface area contributed by atoms with Crippen molar-refractivity contribution in [3.05, 3.63) is 59.2 Å². The van der Waals surface area contributed by atoms with Crippen LogP contribution in [0.15, 0.2) is 52.7 Å². The van der Waals surface area contributed by atoms with Crippen LogP contribution in [0, 0.1) is 0 Å². The van der Waals surface area contributed by atoms with Crippen LogP contribution < -0.4 is 0 Å². The third kappa shape index (κ3) is 4.88. The van der Waals surface area contributed by atoms with Gasteiger partial charge in [-0.15, -0.1) is 0 Å². The fourth-order valence-corrected chi connectivity index (χ4v) is 3.81. The summed E-state index contributed by atoms with van der Waals surface area (Å²) in [7, 11) is 0. The van der Waals surface area contributed by atoms with Crippen molar-refractivity contribution < 1.29 is 19.4 Å². The highest BCUT2D eigenvalue weighted by Crippen LogP contribution is 2.45. The summed E-state index contributed by atoms with van der Waals surface area (Å²) in [5.74, 6) is -1.03. The van der Waals surface area contributed by atoms with E-state index in [1.807, 2.05) is 19.1 Å². The molecular weight excluding hydrogens is 368 g/mol. The SMILES string of the molecule is CCOC(=O)CC1CCC(C)(C)c2ccc(N=Nc3ccc(C(=O)O)cc3)cc21. The van der Waals surface area contributed by atoms with Crippen LogP contribution in [0.25, 0.3) is 0 Å². The zero-order chi connectivity index (χ0) is 21.0. The van der Waals surface area contributed by atoms with Crippen molar-refractivity contribution in [1.82, 2.24) is 0 Å². The molecule has 0 fully saturated rings. The van der Waals surface area contributed by atoms with E-state index in [9.17, 15) is 9.59 Å². The summed E-state index contributed by atoms with van der Waals surface area (Å²) < 4.78 is 5.15. The fraction of sp³-hybridized carbons (Fsp3) is 0.391. The van der Waals surface area contributed by atoms with Gasteiger partial charge in [0.2, 0.25) is 0 Å². The molecule has 0 spiro atoms. The molecule has 3 rings (SSSR count). The molecule has 0 radical (unpaired) electrons. The van der Waals surface area contributed by atoms with Gasteiger partial charge in [-0.1, -0.05) is 19.9 Å². The van der Waals surface area contributed by atoms with E-state index in [1.165, 1.54) is 17.7 Å². The van der Waals surface area contributed by atoms with E-state index in [0.29, 0.717) is 24.4 Å². The second-order valence-corrected chi connectivity index (χ2v) is 7.95. The zero-order valence-electron chi connectivity index (χ0n) is 17.0. The van der Waals surface area contributed by atoms with Crippen molar-refractivity contribution in [3.8, 4) is 0 Å². The number of benzene rings is 2. The first-order valence-electron chi connectivity index (χ1n) is 9.85. The number of carbonyl (C=O) groups excluding carboxylic acids is 1. The molecule has 29 heavy (non-hydrogen) atoms. The number of azo groups is 1. The molecule has 6 nitrogen and oxygen atoms in total. The molecule has 0 saturated heterocycles. The minimum atomic E-state index is -0.974. The van der Waals surface area contributed by atoms with Crippen molar-refractivity contribution in [3.63, 3.8) is 0 Å². The van der Waals surface area contributed by atoms with Gasteiger partial charge in [0.05, 0.1) is 30.0 Å². The Labute approximate surface area is 170 Å². The molecule has 152 valence electrons. The lowest BCUT2D eigenvalue weighted by molar-refractivity contribution is -0.143. The summed E-state index contributed by atoms with van der Waals surface area (Å²) >= 11 is 0. The number of fused-ring (bicyclic) bond motifs is 1. The van der Waals surface area contributed by atoms with Gasteiger partial charge in [-0.3, -0.25) is 4.79 Å². The maximum Gasteiger partial charge on any atom is 0.335 e. The summed E-state index contributed by atoms with van der Waals surface area (Å²) in [6.07, 6.45) is 2.31. The first-order chi connectivity index (χ1) is 13.8. The van der Waals surface area contributed by atoms with Crippen LogP contribution >= 0.6 is 0 Å². The Morgan fingerprint density at radius 1 is 1.10 bits per heavy atom. The number of aromatic carboxylic acids is 1. The maximum absolute atomic E-state index is 12.0. The van der Waals surface area contributed by atoms with Crippen LogP contribution in [0.5, 0.6) is 0 Å². The molecule has 2 aromatic rings. The van der Waals surface area contributed by atoms with Crippen molar-refractivity contribution >= 4 is 23.3 Å². The van der Waals surface area contributed by atoms with Gasteiger partial charge in [-0.25, -0.2) is 4.79 Å². The van der Waals surface area contributed by atoms with Crippen LogP contribution in [0.3, 0.4) is 0 Å². The highest BCUT2D eigenvalue weighted by atomic mass is 16.5. The molecule has 0 bridgehead atoms. The first-order valence-corrected chi connectivity index (χ1v) is 9.85. The predicted octanol–water partition coefficient (Wildman–Crippen LogP) is 5.91. The molecule has 1 aliphatic carbocycles. The van der Waals surface area contributed by atoms with E-state index < -0.39 is 5.97 Å². The summed E-state index contributed by atoms with van der Waals surface area (Å²) in [4.78, 5) is 23.0. The Kier molecular flexibility index (Phi) is 6.11. The molecule has 6 heteroatoms. The predicted molar refractivity (Wildman–Crippen MR) is 110 cm³/mol.